The first-order chi connectivity index (χ1) is 17.3. The number of rotatable bonds is 23. The SMILES string of the molecule is CCCCOc1ccc(C(=O)OCCOCCOCCOCCOCCC[Si](C)(C)O[Si](C)C)cc1. The van der Waals surface area contributed by atoms with Gasteiger partial charge in [-0.1, -0.05) is 13.3 Å². The predicted octanol–water partition coefficient (Wildman–Crippen LogP) is 4.95. The van der Waals surface area contributed by atoms with Crippen LogP contribution in [0, 0.1) is 0 Å². The summed E-state index contributed by atoms with van der Waals surface area (Å²) in [5.41, 5.74) is 0.495. The van der Waals surface area contributed by atoms with E-state index in [0.717, 1.165) is 37.7 Å². The van der Waals surface area contributed by atoms with E-state index in [0.29, 0.717) is 58.4 Å². The maximum absolute atomic E-state index is 12.1. The van der Waals surface area contributed by atoms with Gasteiger partial charge in [0.25, 0.3) is 0 Å². The summed E-state index contributed by atoms with van der Waals surface area (Å²) in [7, 11) is -2.13. The molecule has 10 heteroatoms. The molecule has 0 bridgehead atoms. The number of benzene rings is 1. The first-order valence-electron chi connectivity index (χ1n) is 13.0. The second-order valence-corrected chi connectivity index (χ2v) is 15.8. The van der Waals surface area contributed by atoms with Crippen molar-refractivity contribution in [3.8, 4) is 5.75 Å². The maximum Gasteiger partial charge on any atom is 0.338 e. The highest BCUT2D eigenvalue weighted by molar-refractivity contribution is 6.77. The molecule has 0 aliphatic rings. The number of esters is 1. The molecule has 1 aromatic rings. The average molecular weight is 544 g/mol. The van der Waals surface area contributed by atoms with E-state index in [4.69, 9.17) is 32.5 Å². The summed E-state index contributed by atoms with van der Waals surface area (Å²) in [4.78, 5) is 12.1. The molecule has 0 amide bonds. The van der Waals surface area contributed by atoms with E-state index < -0.39 is 17.4 Å². The zero-order chi connectivity index (χ0) is 26.5. The largest absolute Gasteiger partial charge is 0.494 e. The van der Waals surface area contributed by atoms with Gasteiger partial charge in [-0.05, 0) is 69.3 Å². The van der Waals surface area contributed by atoms with Crippen molar-refractivity contribution in [3.63, 3.8) is 0 Å². The topological polar surface area (TPSA) is 81.7 Å². The molecule has 0 N–H and O–H groups in total. The molecule has 1 aromatic carbocycles. The molecular weight excluding hydrogens is 496 g/mol. The van der Waals surface area contributed by atoms with E-state index in [-0.39, 0.29) is 12.6 Å². The van der Waals surface area contributed by atoms with Gasteiger partial charge in [0.15, 0.2) is 17.4 Å². The molecular formula is C26H47O8Si2. The number of hydrogen-bond donors (Lipinski definition) is 0. The molecule has 36 heavy (non-hydrogen) atoms. The Bertz CT molecular complexity index is 670. The van der Waals surface area contributed by atoms with Crippen molar-refractivity contribution >= 4 is 23.3 Å². The van der Waals surface area contributed by atoms with Gasteiger partial charge in [-0.3, -0.25) is 0 Å². The summed E-state index contributed by atoms with van der Waals surface area (Å²) in [6.07, 6.45) is 3.13. The smallest absolute Gasteiger partial charge is 0.338 e. The Hall–Kier alpha value is -1.28. The zero-order valence-electron chi connectivity index (χ0n) is 23.0. The summed E-state index contributed by atoms with van der Waals surface area (Å²) in [5, 5.41) is 0. The summed E-state index contributed by atoms with van der Waals surface area (Å²) < 4.78 is 39.0. The lowest BCUT2D eigenvalue weighted by Crippen LogP contribution is -2.35. The normalized spacial score (nSPS) is 11.7. The van der Waals surface area contributed by atoms with Crippen LogP contribution in [0.1, 0.15) is 36.5 Å². The van der Waals surface area contributed by atoms with Crippen LogP contribution in [-0.2, 0) is 27.8 Å². The Labute approximate surface area is 220 Å². The van der Waals surface area contributed by atoms with Crippen LogP contribution in [0.5, 0.6) is 5.75 Å². The van der Waals surface area contributed by atoms with Crippen LogP contribution in [0.3, 0.4) is 0 Å². The van der Waals surface area contributed by atoms with E-state index in [1.165, 1.54) is 0 Å². The second kappa shape index (κ2) is 20.7. The van der Waals surface area contributed by atoms with Gasteiger partial charge in [0.2, 0.25) is 0 Å². The Morgan fingerprint density at radius 3 is 1.81 bits per heavy atom. The zero-order valence-corrected chi connectivity index (χ0v) is 25.0. The number of unbranched alkanes of at least 4 members (excludes halogenated alkanes) is 1. The van der Waals surface area contributed by atoms with Crippen LogP contribution < -0.4 is 4.74 Å². The highest BCUT2D eigenvalue weighted by Crippen LogP contribution is 2.15. The summed E-state index contributed by atoms with van der Waals surface area (Å²) in [6.45, 7) is 16.1. The van der Waals surface area contributed by atoms with E-state index in [2.05, 4.69) is 33.1 Å². The van der Waals surface area contributed by atoms with Gasteiger partial charge in [-0.2, -0.15) is 0 Å². The molecule has 0 aromatic heterocycles. The van der Waals surface area contributed by atoms with Crippen LogP contribution in [0.4, 0.5) is 0 Å². The van der Waals surface area contributed by atoms with Crippen LogP contribution in [0.15, 0.2) is 24.3 Å². The molecule has 0 atom stereocenters. The fraction of sp³-hybridized carbons (Fsp3) is 0.731. The molecule has 0 unspecified atom stereocenters. The Morgan fingerprint density at radius 2 is 1.28 bits per heavy atom. The first-order valence-corrected chi connectivity index (χ1v) is 18.6. The highest BCUT2D eigenvalue weighted by atomic mass is 28.4. The fourth-order valence-electron chi connectivity index (χ4n) is 3.26. The minimum absolute atomic E-state index is 0.197. The van der Waals surface area contributed by atoms with Crippen molar-refractivity contribution in [3.05, 3.63) is 29.8 Å². The summed E-state index contributed by atoms with van der Waals surface area (Å²) in [6, 6.07) is 8.11. The third kappa shape index (κ3) is 18.0. The van der Waals surface area contributed by atoms with Gasteiger partial charge in [0.05, 0.1) is 58.4 Å². The summed E-state index contributed by atoms with van der Waals surface area (Å²) >= 11 is 0. The number of carbonyl (C=O) groups excluding carboxylic acids is 1. The Kier molecular flexibility index (Phi) is 18.9. The lowest BCUT2D eigenvalue weighted by Gasteiger charge is -2.25. The molecule has 0 aliphatic heterocycles. The second-order valence-electron chi connectivity index (χ2n) is 9.19. The number of hydrogen-bond acceptors (Lipinski definition) is 8. The van der Waals surface area contributed by atoms with E-state index in [1.807, 2.05) is 0 Å². The van der Waals surface area contributed by atoms with E-state index in [1.54, 1.807) is 24.3 Å². The third-order valence-corrected chi connectivity index (χ3v) is 10.4. The standard InChI is InChI=1S/C26H47O8Si2/c1-6-7-14-32-25-11-9-24(10-12-25)26(27)33-22-21-31-20-19-30-18-17-29-16-15-28-13-8-23-36(4,5)34-35(2)3/h9-12H,6-8,13-23H2,1-5H3. The van der Waals surface area contributed by atoms with Crippen molar-refractivity contribution in [2.24, 2.45) is 0 Å². The van der Waals surface area contributed by atoms with Gasteiger partial charge in [0.1, 0.15) is 12.4 Å². The lowest BCUT2D eigenvalue weighted by molar-refractivity contribution is -0.00889. The van der Waals surface area contributed by atoms with Crippen molar-refractivity contribution in [1.29, 1.82) is 0 Å². The number of carbonyl (C=O) groups is 1. The van der Waals surface area contributed by atoms with Crippen LogP contribution in [0.25, 0.3) is 0 Å². The van der Waals surface area contributed by atoms with Crippen molar-refractivity contribution in [2.75, 3.05) is 66.1 Å². The molecule has 0 aliphatic carbocycles. The molecule has 0 spiro atoms. The molecule has 0 saturated carbocycles. The molecule has 8 nitrogen and oxygen atoms in total. The van der Waals surface area contributed by atoms with Gasteiger partial charge >= 0.3 is 5.97 Å². The van der Waals surface area contributed by atoms with E-state index >= 15 is 0 Å². The molecule has 0 heterocycles. The lowest BCUT2D eigenvalue weighted by atomic mass is 10.2. The van der Waals surface area contributed by atoms with E-state index in [9.17, 15) is 4.79 Å². The maximum atomic E-state index is 12.1. The van der Waals surface area contributed by atoms with Crippen LogP contribution in [0.2, 0.25) is 32.2 Å². The van der Waals surface area contributed by atoms with Gasteiger partial charge in [-0.15, -0.1) is 0 Å². The molecule has 0 saturated heterocycles. The fourth-order valence-corrected chi connectivity index (χ4v) is 9.09. The predicted molar refractivity (Wildman–Crippen MR) is 146 cm³/mol. The van der Waals surface area contributed by atoms with Crippen molar-refractivity contribution in [1.82, 2.24) is 0 Å². The molecule has 1 rings (SSSR count). The third-order valence-electron chi connectivity index (χ3n) is 4.98. The Morgan fingerprint density at radius 1 is 0.750 bits per heavy atom. The quantitative estimate of drug-likeness (QED) is 0.109. The monoisotopic (exact) mass is 543 g/mol. The van der Waals surface area contributed by atoms with Gasteiger partial charge in [-0.25, -0.2) is 4.79 Å². The minimum atomic E-state index is -1.52. The van der Waals surface area contributed by atoms with Gasteiger partial charge in [0, 0.05) is 6.61 Å². The van der Waals surface area contributed by atoms with Crippen molar-refractivity contribution < 1.29 is 37.3 Å². The van der Waals surface area contributed by atoms with Crippen LogP contribution >= 0.6 is 0 Å². The van der Waals surface area contributed by atoms with Crippen molar-refractivity contribution in [2.45, 2.75) is 58.4 Å². The molecule has 1 radical (unpaired) electrons. The van der Waals surface area contributed by atoms with Crippen LogP contribution in [-0.4, -0.2) is 89.4 Å². The highest BCUT2D eigenvalue weighted by Gasteiger charge is 2.23. The Balaban J connectivity index is 1.87. The molecule has 0 fully saturated rings. The molecule has 207 valence electrons. The minimum Gasteiger partial charge on any atom is -0.494 e. The first kappa shape index (κ1) is 32.8. The summed E-state index contributed by atoms with van der Waals surface area (Å²) in [5.74, 6) is 0.384. The van der Waals surface area contributed by atoms with Gasteiger partial charge < -0.3 is 32.5 Å². The average Bonchev–Trinajstić information content (AvgIpc) is 2.83. The number of ether oxygens (including phenoxy) is 6.